The predicted molar refractivity (Wildman–Crippen MR) is 87.9 cm³/mol. The van der Waals surface area contributed by atoms with Crippen LogP contribution >= 0.6 is 0 Å². The van der Waals surface area contributed by atoms with E-state index in [4.69, 9.17) is 0 Å². The van der Waals surface area contributed by atoms with Gasteiger partial charge in [-0.05, 0) is 30.9 Å². The Morgan fingerprint density at radius 2 is 2.21 bits per heavy atom. The van der Waals surface area contributed by atoms with E-state index in [1.165, 1.54) is 6.20 Å². The second-order valence-corrected chi connectivity index (χ2v) is 8.04. The summed E-state index contributed by atoms with van der Waals surface area (Å²) in [4.78, 5) is 18.7. The van der Waals surface area contributed by atoms with Gasteiger partial charge in [0.15, 0.2) is 9.84 Å². The Morgan fingerprint density at radius 1 is 1.38 bits per heavy atom. The van der Waals surface area contributed by atoms with E-state index in [-0.39, 0.29) is 23.3 Å². The molecule has 8 heteroatoms. The first-order chi connectivity index (χ1) is 11.5. The Morgan fingerprint density at radius 3 is 2.92 bits per heavy atom. The van der Waals surface area contributed by atoms with Gasteiger partial charge in [0.05, 0.1) is 24.4 Å². The molecule has 0 aliphatic carbocycles. The average Bonchev–Trinajstić information content (AvgIpc) is 3.05. The molecule has 1 aliphatic rings. The largest absolute Gasteiger partial charge is 0.334 e. The summed E-state index contributed by atoms with van der Waals surface area (Å²) in [7, 11) is -3.39. The van der Waals surface area contributed by atoms with Crippen LogP contribution in [0.3, 0.4) is 0 Å². The fourth-order valence-corrected chi connectivity index (χ4v) is 3.95. The fourth-order valence-electron chi connectivity index (χ4n) is 3.13. The lowest BCUT2D eigenvalue weighted by Gasteiger charge is -2.35. The van der Waals surface area contributed by atoms with Crippen LogP contribution in [-0.4, -0.2) is 47.2 Å². The van der Waals surface area contributed by atoms with Crippen LogP contribution in [0.4, 0.5) is 0 Å². The molecule has 0 radical (unpaired) electrons. The number of H-pyrrole nitrogens is 1. The number of piperidine rings is 1. The first-order valence-corrected chi connectivity index (χ1v) is 9.77. The maximum atomic E-state index is 12.7. The summed E-state index contributed by atoms with van der Waals surface area (Å²) >= 11 is 0. The summed E-state index contributed by atoms with van der Waals surface area (Å²) in [6, 6.07) is 3.38. The lowest BCUT2D eigenvalue weighted by atomic mass is 9.98. The van der Waals surface area contributed by atoms with Gasteiger partial charge in [-0.3, -0.25) is 14.9 Å². The van der Waals surface area contributed by atoms with Crippen molar-refractivity contribution in [3.63, 3.8) is 0 Å². The molecular weight excluding hydrogens is 328 g/mol. The number of nitrogens with one attached hydrogen (secondary N) is 1. The number of sulfone groups is 1. The smallest absolute Gasteiger partial charge is 0.227 e. The highest BCUT2D eigenvalue weighted by atomic mass is 32.2. The normalized spacial score (nSPS) is 18.5. The van der Waals surface area contributed by atoms with Gasteiger partial charge in [0.25, 0.3) is 0 Å². The number of likely N-dealkylation sites (tertiary alicyclic amines) is 1. The molecule has 0 bridgehead atoms. The lowest BCUT2D eigenvalue weighted by molar-refractivity contribution is -0.134. The van der Waals surface area contributed by atoms with E-state index in [1.54, 1.807) is 23.4 Å². The van der Waals surface area contributed by atoms with Gasteiger partial charge in [-0.25, -0.2) is 8.42 Å². The van der Waals surface area contributed by atoms with E-state index in [1.807, 2.05) is 6.07 Å². The number of carbonyl (C=O) groups is 1. The van der Waals surface area contributed by atoms with Gasteiger partial charge >= 0.3 is 0 Å². The minimum Gasteiger partial charge on any atom is -0.334 e. The molecule has 0 unspecified atom stereocenters. The molecule has 0 spiro atoms. The standard InChI is InChI=1S/C16H20N4O3S/c1-24(22,23)14-11-18-19-16(14)13-6-2-3-8-20(13)15(21)9-12-5-4-7-17-10-12/h4-5,7,10-11,13H,2-3,6,8-9H2,1H3,(H,18,19)/t13-/m1/s1. The average molecular weight is 348 g/mol. The van der Waals surface area contributed by atoms with Gasteiger partial charge in [-0.2, -0.15) is 5.10 Å². The Hall–Kier alpha value is -2.22. The second-order valence-electron chi connectivity index (χ2n) is 6.06. The monoisotopic (exact) mass is 348 g/mol. The SMILES string of the molecule is CS(=O)(=O)c1cn[nH]c1[C@H]1CCCCN1C(=O)Cc1cccnc1. The molecule has 1 aliphatic heterocycles. The third-order valence-corrected chi connectivity index (χ3v) is 5.39. The lowest BCUT2D eigenvalue weighted by Crippen LogP contribution is -2.40. The first kappa shape index (κ1) is 16.6. The number of nitrogens with zero attached hydrogens (tertiary/aromatic N) is 3. The Bertz CT molecular complexity index is 817. The zero-order valence-corrected chi connectivity index (χ0v) is 14.3. The quantitative estimate of drug-likeness (QED) is 0.903. The minimum absolute atomic E-state index is 0.0262. The van der Waals surface area contributed by atoms with E-state index >= 15 is 0 Å². The highest BCUT2D eigenvalue weighted by Crippen LogP contribution is 2.33. The number of hydrogen-bond acceptors (Lipinski definition) is 5. The summed E-state index contributed by atoms with van der Waals surface area (Å²) < 4.78 is 23.9. The molecule has 2 aromatic heterocycles. The van der Waals surface area contributed by atoms with Crippen molar-refractivity contribution in [3.05, 3.63) is 42.0 Å². The van der Waals surface area contributed by atoms with Crippen LogP contribution in [0.1, 0.15) is 36.6 Å². The maximum absolute atomic E-state index is 12.7. The molecule has 1 N–H and O–H groups in total. The second kappa shape index (κ2) is 6.72. The van der Waals surface area contributed by atoms with Gasteiger partial charge in [-0.15, -0.1) is 0 Å². The third-order valence-electron chi connectivity index (χ3n) is 4.27. The molecular formula is C16H20N4O3S. The highest BCUT2D eigenvalue weighted by Gasteiger charge is 2.32. The summed E-state index contributed by atoms with van der Waals surface area (Å²) in [5.41, 5.74) is 1.36. The van der Waals surface area contributed by atoms with E-state index in [2.05, 4.69) is 15.2 Å². The number of pyridine rings is 1. The molecule has 3 rings (SSSR count). The van der Waals surface area contributed by atoms with E-state index in [9.17, 15) is 13.2 Å². The molecule has 128 valence electrons. The predicted octanol–water partition coefficient (Wildman–Crippen LogP) is 1.50. The molecule has 1 atom stereocenters. The number of aromatic amines is 1. The van der Waals surface area contributed by atoms with Crippen molar-refractivity contribution in [2.24, 2.45) is 0 Å². The number of aromatic nitrogens is 3. The molecule has 1 fully saturated rings. The van der Waals surface area contributed by atoms with Crippen molar-refractivity contribution in [2.75, 3.05) is 12.8 Å². The number of amides is 1. The van der Waals surface area contributed by atoms with Crippen molar-refractivity contribution in [1.82, 2.24) is 20.1 Å². The van der Waals surface area contributed by atoms with Crippen molar-refractivity contribution in [2.45, 2.75) is 36.6 Å². The topological polar surface area (TPSA) is 96.0 Å². The molecule has 1 amide bonds. The van der Waals surface area contributed by atoms with Crippen LogP contribution in [0.5, 0.6) is 0 Å². The van der Waals surface area contributed by atoms with Gasteiger partial charge in [0.2, 0.25) is 5.91 Å². The van der Waals surface area contributed by atoms with Crippen LogP contribution in [0.15, 0.2) is 35.6 Å². The number of hydrogen-bond donors (Lipinski definition) is 1. The van der Waals surface area contributed by atoms with Gasteiger partial charge < -0.3 is 4.90 Å². The van der Waals surface area contributed by atoms with E-state index < -0.39 is 9.84 Å². The zero-order chi connectivity index (χ0) is 17.2. The molecule has 1 saturated heterocycles. The highest BCUT2D eigenvalue weighted by molar-refractivity contribution is 7.90. The summed E-state index contributed by atoms with van der Waals surface area (Å²) in [5, 5.41) is 6.68. The Labute approximate surface area is 141 Å². The number of carbonyl (C=O) groups excluding carboxylic acids is 1. The summed E-state index contributed by atoms with van der Waals surface area (Å²) in [5.74, 6) is -0.0262. The van der Waals surface area contributed by atoms with E-state index in [0.717, 1.165) is 31.1 Å². The Kier molecular flexibility index (Phi) is 4.66. The van der Waals surface area contributed by atoms with E-state index in [0.29, 0.717) is 12.2 Å². The maximum Gasteiger partial charge on any atom is 0.227 e. The first-order valence-electron chi connectivity index (χ1n) is 7.88. The summed E-state index contributed by atoms with van der Waals surface area (Å²) in [6.07, 6.45) is 8.67. The van der Waals surface area contributed by atoms with Crippen LogP contribution in [0.25, 0.3) is 0 Å². The molecule has 24 heavy (non-hydrogen) atoms. The van der Waals surface area contributed by atoms with Crippen molar-refractivity contribution >= 4 is 15.7 Å². The van der Waals surface area contributed by atoms with Gasteiger partial charge in [0.1, 0.15) is 4.90 Å². The van der Waals surface area contributed by atoms with Gasteiger partial charge in [-0.1, -0.05) is 6.07 Å². The Balaban J connectivity index is 1.87. The minimum atomic E-state index is -3.39. The van der Waals surface area contributed by atoms with Crippen LogP contribution in [-0.2, 0) is 21.1 Å². The summed E-state index contributed by atoms with van der Waals surface area (Å²) in [6.45, 7) is 0.617. The molecule has 2 aromatic rings. The zero-order valence-electron chi connectivity index (χ0n) is 13.5. The van der Waals surface area contributed by atoms with Crippen LogP contribution in [0, 0.1) is 0 Å². The van der Waals surface area contributed by atoms with Crippen molar-refractivity contribution < 1.29 is 13.2 Å². The van der Waals surface area contributed by atoms with Gasteiger partial charge in [0, 0.05) is 25.2 Å². The van der Waals surface area contributed by atoms with Crippen LogP contribution in [0.2, 0.25) is 0 Å². The third kappa shape index (κ3) is 3.48. The van der Waals surface area contributed by atoms with Crippen molar-refractivity contribution in [1.29, 1.82) is 0 Å². The van der Waals surface area contributed by atoms with Crippen molar-refractivity contribution in [3.8, 4) is 0 Å². The molecule has 7 nitrogen and oxygen atoms in total. The van der Waals surface area contributed by atoms with Crippen LogP contribution < -0.4 is 0 Å². The molecule has 3 heterocycles. The molecule has 0 aromatic carbocycles. The number of rotatable bonds is 4. The molecule has 0 saturated carbocycles. The fraction of sp³-hybridized carbons (Fsp3) is 0.438.